The molecule has 0 saturated carbocycles. The van der Waals surface area contributed by atoms with Crippen molar-refractivity contribution in [3.8, 4) is 5.82 Å². The van der Waals surface area contributed by atoms with Gasteiger partial charge < -0.3 is 10.1 Å². The van der Waals surface area contributed by atoms with Crippen LogP contribution in [0.15, 0.2) is 84.0 Å². The molecule has 2 aromatic heterocycles. The molecule has 0 aliphatic heterocycles. The zero-order chi connectivity index (χ0) is 23.2. The highest BCUT2D eigenvalue weighted by atomic mass is 32.2. The number of para-hydroxylation sites is 1. The molecule has 0 aliphatic rings. The number of nitrogens with one attached hydrogen (secondary N) is 1. The van der Waals surface area contributed by atoms with Crippen molar-refractivity contribution < 1.29 is 14.3 Å². The molecule has 4 rings (SSSR count). The van der Waals surface area contributed by atoms with E-state index in [0.29, 0.717) is 6.42 Å². The molecule has 1 amide bonds. The van der Waals surface area contributed by atoms with E-state index < -0.39 is 12.0 Å². The molecule has 6 nitrogen and oxygen atoms in total. The minimum Gasteiger partial charge on any atom is -0.467 e. The molecule has 0 aliphatic carbocycles. The van der Waals surface area contributed by atoms with E-state index in [1.54, 1.807) is 18.0 Å². The smallest absolute Gasteiger partial charge is 0.328 e. The lowest BCUT2D eigenvalue weighted by molar-refractivity contribution is -0.144. The van der Waals surface area contributed by atoms with Gasteiger partial charge >= 0.3 is 5.97 Å². The van der Waals surface area contributed by atoms with Gasteiger partial charge in [0.05, 0.1) is 17.7 Å². The molecule has 7 heteroatoms. The highest BCUT2D eigenvalue weighted by Gasteiger charge is 2.27. The fourth-order valence-corrected chi connectivity index (χ4v) is 5.04. The standard InChI is InChI=1S/C26H25N3O3S/c1-18(30)28-22(26(31)32-2)16-21-20-12-6-7-13-23(20)29(24-14-8-9-15-27-24)25(21)33-17-19-10-4-3-5-11-19/h3-15,22H,16-17H2,1-2H3,(H,28,30). The second-order valence-electron chi connectivity index (χ2n) is 7.58. The van der Waals surface area contributed by atoms with Gasteiger partial charge in [0.2, 0.25) is 5.91 Å². The van der Waals surface area contributed by atoms with Crippen molar-refractivity contribution in [2.75, 3.05) is 7.11 Å². The Bertz CT molecular complexity index is 1260. The Morgan fingerprint density at radius 1 is 1.03 bits per heavy atom. The Hall–Kier alpha value is -3.58. The van der Waals surface area contributed by atoms with Gasteiger partial charge in [0.25, 0.3) is 0 Å². The van der Waals surface area contributed by atoms with Crippen LogP contribution in [0.3, 0.4) is 0 Å². The molecule has 0 radical (unpaired) electrons. The number of benzene rings is 2. The van der Waals surface area contributed by atoms with Crippen LogP contribution in [0.1, 0.15) is 18.1 Å². The number of thioether (sulfide) groups is 1. The van der Waals surface area contributed by atoms with Crippen LogP contribution in [-0.4, -0.2) is 34.6 Å². The molecule has 2 heterocycles. The maximum atomic E-state index is 12.5. The lowest BCUT2D eigenvalue weighted by atomic mass is 10.0. The average molecular weight is 460 g/mol. The molecule has 33 heavy (non-hydrogen) atoms. The summed E-state index contributed by atoms with van der Waals surface area (Å²) in [4.78, 5) is 28.9. The molecule has 2 aromatic carbocycles. The average Bonchev–Trinajstić information content (AvgIpc) is 3.16. The van der Waals surface area contributed by atoms with Crippen LogP contribution in [0.5, 0.6) is 0 Å². The first-order valence-corrected chi connectivity index (χ1v) is 11.6. The molecule has 0 bridgehead atoms. The topological polar surface area (TPSA) is 73.2 Å². The molecular formula is C26H25N3O3S. The molecule has 0 saturated heterocycles. The van der Waals surface area contributed by atoms with Crippen LogP contribution >= 0.6 is 11.8 Å². The van der Waals surface area contributed by atoms with Gasteiger partial charge in [-0.25, -0.2) is 9.78 Å². The Labute approximate surface area is 197 Å². The lowest BCUT2D eigenvalue weighted by Gasteiger charge is -2.17. The van der Waals surface area contributed by atoms with E-state index in [4.69, 9.17) is 4.74 Å². The van der Waals surface area contributed by atoms with Crippen LogP contribution in [-0.2, 0) is 26.5 Å². The molecule has 0 spiro atoms. The first kappa shape index (κ1) is 22.6. The van der Waals surface area contributed by atoms with Crippen LogP contribution in [0.4, 0.5) is 0 Å². The number of methoxy groups -OCH3 is 1. The van der Waals surface area contributed by atoms with Gasteiger partial charge in [0.15, 0.2) is 0 Å². The Morgan fingerprint density at radius 3 is 2.45 bits per heavy atom. The Morgan fingerprint density at radius 2 is 1.76 bits per heavy atom. The van der Waals surface area contributed by atoms with E-state index in [1.165, 1.54) is 19.6 Å². The summed E-state index contributed by atoms with van der Waals surface area (Å²) in [5.74, 6) is 0.793. The lowest BCUT2D eigenvalue weighted by Crippen LogP contribution is -2.42. The Balaban J connectivity index is 1.86. The van der Waals surface area contributed by atoms with Crippen LogP contribution in [0.2, 0.25) is 0 Å². The van der Waals surface area contributed by atoms with Crippen molar-refractivity contribution in [2.24, 2.45) is 0 Å². The van der Waals surface area contributed by atoms with Gasteiger partial charge in [0, 0.05) is 30.7 Å². The van der Waals surface area contributed by atoms with Crippen LogP contribution in [0, 0.1) is 0 Å². The largest absolute Gasteiger partial charge is 0.467 e. The highest BCUT2D eigenvalue weighted by molar-refractivity contribution is 7.98. The third kappa shape index (κ3) is 5.09. The normalized spacial score (nSPS) is 11.8. The molecule has 1 atom stereocenters. The maximum Gasteiger partial charge on any atom is 0.328 e. The molecule has 1 N–H and O–H groups in total. The molecule has 168 valence electrons. The second kappa shape index (κ2) is 10.4. The number of amides is 1. The summed E-state index contributed by atoms with van der Waals surface area (Å²) < 4.78 is 7.10. The molecule has 1 unspecified atom stereocenters. The predicted molar refractivity (Wildman–Crippen MR) is 130 cm³/mol. The van der Waals surface area contributed by atoms with Crippen molar-refractivity contribution >= 4 is 34.5 Å². The number of carbonyl (C=O) groups excluding carboxylic acids is 2. The number of pyridine rings is 1. The number of nitrogens with zero attached hydrogens (tertiary/aromatic N) is 2. The first-order chi connectivity index (χ1) is 16.1. The summed E-state index contributed by atoms with van der Waals surface area (Å²) in [5, 5.41) is 4.74. The van der Waals surface area contributed by atoms with Gasteiger partial charge in [-0.3, -0.25) is 9.36 Å². The van der Waals surface area contributed by atoms with Crippen molar-refractivity contribution in [3.63, 3.8) is 0 Å². The Kier molecular flexibility index (Phi) is 7.10. The summed E-state index contributed by atoms with van der Waals surface area (Å²) in [5.41, 5.74) is 3.16. The number of rotatable bonds is 8. The van der Waals surface area contributed by atoms with Crippen molar-refractivity contribution in [2.45, 2.75) is 30.2 Å². The zero-order valence-electron chi connectivity index (χ0n) is 18.5. The summed E-state index contributed by atoms with van der Waals surface area (Å²) in [6, 6.07) is 23.3. The van der Waals surface area contributed by atoms with E-state index in [0.717, 1.165) is 33.1 Å². The molecular weight excluding hydrogens is 434 g/mol. The fraction of sp³-hybridized carbons (Fsp3) is 0.192. The third-order valence-electron chi connectivity index (χ3n) is 5.30. The summed E-state index contributed by atoms with van der Waals surface area (Å²) in [6.45, 7) is 1.40. The second-order valence-corrected chi connectivity index (χ2v) is 8.54. The van der Waals surface area contributed by atoms with Crippen molar-refractivity contribution in [1.82, 2.24) is 14.9 Å². The number of aromatic nitrogens is 2. The molecule has 4 aromatic rings. The minimum absolute atomic E-state index is 0.280. The van der Waals surface area contributed by atoms with Crippen molar-refractivity contribution in [3.05, 3.63) is 90.1 Å². The first-order valence-electron chi connectivity index (χ1n) is 10.6. The highest BCUT2D eigenvalue weighted by Crippen LogP contribution is 2.37. The van der Waals surface area contributed by atoms with E-state index in [1.807, 2.05) is 60.7 Å². The third-order valence-corrected chi connectivity index (χ3v) is 6.48. The number of hydrogen-bond acceptors (Lipinski definition) is 5. The van der Waals surface area contributed by atoms with E-state index >= 15 is 0 Å². The van der Waals surface area contributed by atoms with Crippen LogP contribution in [0.25, 0.3) is 16.7 Å². The zero-order valence-corrected chi connectivity index (χ0v) is 19.3. The minimum atomic E-state index is -0.786. The van der Waals surface area contributed by atoms with Gasteiger partial charge in [-0.05, 0) is 29.3 Å². The van der Waals surface area contributed by atoms with E-state index in [9.17, 15) is 9.59 Å². The predicted octanol–water partition coefficient (Wildman–Crippen LogP) is 4.54. The fourth-order valence-electron chi connectivity index (χ4n) is 3.86. The maximum absolute atomic E-state index is 12.5. The van der Waals surface area contributed by atoms with E-state index in [2.05, 4.69) is 27.0 Å². The number of carbonyl (C=O) groups is 2. The number of esters is 1. The summed E-state index contributed by atoms with van der Waals surface area (Å²) in [7, 11) is 1.33. The van der Waals surface area contributed by atoms with Crippen molar-refractivity contribution in [1.29, 1.82) is 0 Å². The monoisotopic (exact) mass is 459 g/mol. The summed E-state index contributed by atoms with van der Waals surface area (Å²) in [6.07, 6.45) is 2.08. The number of ether oxygens (including phenoxy) is 1. The van der Waals surface area contributed by atoms with Gasteiger partial charge in [-0.15, -0.1) is 11.8 Å². The molecule has 0 fully saturated rings. The SMILES string of the molecule is COC(=O)C(Cc1c(SCc2ccccc2)n(-c2ccccn2)c2ccccc12)NC(C)=O. The van der Waals surface area contributed by atoms with E-state index in [-0.39, 0.29) is 5.91 Å². The quantitative estimate of drug-likeness (QED) is 0.309. The van der Waals surface area contributed by atoms with Crippen LogP contribution < -0.4 is 5.32 Å². The van der Waals surface area contributed by atoms with Gasteiger partial charge in [0.1, 0.15) is 11.9 Å². The van der Waals surface area contributed by atoms with Gasteiger partial charge in [-0.2, -0.15) is 0 Å². The number of hydrogen-bond donors (Lipinski definition) is 1. The summed E-state index contributed by atoms with van der Waals surface area (Å²) >= 11 is 1.69. The number of fused-ring (bicyclic) bond motifs is 1. The van der Waals surface area contributed by atoms with Gasteiger partial charge in [-0.1, -0.05) is 54.6 Å².